The largest absolute Gasteiger partial charge is 0.377 e. The van der Waals surface area contributed by atoms with Crippen LogP contribution in [0.4, 0.5) is 11.6 Å². The predicted octanol–water partition coefficient (Wildman–Crippen LogP) is 3.07. The van der Waals surface area contributed by atoms with E-state index in [1.54, 1.807) is 7.11 Å². The van der Waals surface area contributed by atoms with Crippen molar-refractivity contribution in [3.8, 4) is 0 Å². The molecule has 1 heterocycles. The first-order chi connectivity index (χ1) is 10.2. The molecular formula is C16H28N4O. The number of hydrogen-bond acceptors (Lipinski definition) is 5. The fourth-order valence-electron chi connectivity index (χ4n) is 2.89. The summed E-state index contributed by atoms with van der Waals surface area (Å²) in [6, 6.07) is 2.05. The Morgan fingerprint density at radius 3 is 2.76 bits per heavy atom. The maximum Gasteiger partial charge on any atom is 0.158 e. The number of nitrogens with zero attached hydrogens (tertiary/aromatic N) is 3. The Kier molecular flexibility index (Phi) is 6.23. The molecular weight excluding hydrogens is 264 g/mol. The Morgan fingerprint density at radius 2 is 2.10 bits per heavy atom. The van der Waals surface area contributed by atoms with Gasteiger partial charge in [-0.25, -0.2) is 9.97 Å². The van der Waals surface area contributed by atoms with Gasteiger partial charge in [0, 0.05) is 33.3 Å². The third-order valence-corrected chi connectivity index (χ3v) is 3.99. The van der Waals surface area contributed by atoms with Crippen LogP contribution in [0, 0.1) is 5.92 Å². The van der Waals surface area contributed by atoms with Crippen LogP contribution in [0.5, 0.6) is 0 Å². The lowest BCUT2D eigenvalue weighted by atomic mass is 10.1. The molecule has 0 aromatic carbocycles. The van der Waals surface area contributed by atoms with Gasteiger partial charge in [0.2, 0.25) is 0 Å². The Morgan fingerprint density at radius 1 is 1.33 bits per heavy atom. The van der Waals surface area contributed by atoms with Gasteiger partial charge >= 0.3 is 0 Å². The first kappa shape index (κ1) is 16.0. The third kappa shape index (κ3) is 4.84. The van der Waals surface area contributed by atoms with Gasteiger partial charge in [0.15, 0.2) is 5.82 Å². The van der Waals surface area contributed by atoms with E-state index < -0.39 is 0 Å². The summed E-state index contributed by atoms with van der Waals surface area (Å²) in [5, 5.41) is 3.35. The van der Waals surface area contributed by atoms with E-state index in [4.69, 9.17) is 4.74 Å². The molecule has 0 spiro atoms. The molecule has 0 unspecified atom stereocenters. The van der Waals surface area contributed by atoms with Crippen LogP contribution < -0.4 is 10.2 Å². The Hall–Kier alpha value is -1.36. The summed E-state index contributed by atoms with van der Waals surface area (Å²) in [6.45, 7) is 4.61. The van der Waals surface area contributed by atoms with Crippen LogP contribution in [0.2, 0.25) is 0 Å². The molecule has 1 aromatic rings. The predicted molar refractivity (Wildman–Crippen MR) is 86.8 cm³/mol. The molecule has 0 radical (unpaired) electrons. The zero-order chi connectivity index (χ0) is 15.1. The van der Waals surface area contributed by atoms with Crippen LogP contribution in [0.1, 0.15) is 44.9 Å². The number of hydrogen-bond donors (Lipinski definition) is 1. The molecule has 21 heavy (non-hydrogen) atoms. The second-order valence-electron chi connectivity index (χ2n) is 5.92. The summed E-state index contributed by atoms with van der Waals surface area (Å²) in [4.78, 5) is 11.4. The Labute approximate surface area is 128 Å². The van der Waals surface area contributed by atoms with Crippen molar-refractivity contribution in [2.45, 2.75) is 45.6 Å². The molecule has 1 fully saturated rings. The van der Waals surface area contributed by atoms with Crippen molar-refractivity contribution in [2.24, 2.45) is 5.92 Å². The van der Waals surface area contributed by atoms with E-state index in [1.807, 2.05) is 6.07 Å². The van der Waals surface area contributed by atoms with Crippen LogP contribution >= 0.6 is 0 Å². The Balaban J connectivity index is 2.09. The van der Waals surface area contributed by atoms with Crippen molar-refractivity contribution in [3.05, 3.63) is 11.9 Å². The van der Waals surface area contributed by atoms with Gasteiger partial charge in [-0.3, -0.25) is 0 Å². The summed E-state index contributed by atoms with van der Waals surface area (Å²) in [6.07, 6.45) is 6.53. The quantitative estimate of drug-likeness (QED) is 0.798. The van der Waals surface area contributed by atoms with Gasteiger partial charge in [0.1, 0.15) is 18.2 Å². The molecule has 5 nitrogen and oxygen atoms in total. The molecule has 0 saturated heterocycles. The fourth-order valence-corrected chi connectivity index (χ4v) is 2.89. The average molecular weight is 292 g/mol. The molecule has 1 saturated carbocycles. The van der Waals surface area contributed by atoms with Crippen molar-refractivity contribution in [2.75, 3.05) is 37.5 Å². The standard InChI is InChI=1S/C16H28N4O/c1-4-9-17-14-10-16(19-15(18-14)12-21-3)20(2)11-13-7-5-6-8-13/h10,13H,4-9,11-12H2,1-3H3,(H,17,18,19). The Bertz CT molecular complexity index is 432. The monoisotopic (exact) mass is 292 g/mol. The van der Waals surface area contributed by atoms with Gasteiger partial charge in [0.25, 0.3) is 0 Å². The normalized spacial score (nSPS) is 15.4. The number of anilines is 2. The lowest BCUT2D eigenvalue weighted by Gasteiger charge is -2.23. The highest BCUT2D eigenvalue weighted by Gasteiger charge is 2.18. The van der Waals surface area contributed by atoms with E-state index >= 15 is 0 Å². The highest BCUT2D eigenvalue weighted by molar-refractivity contribution is 5.49. The zero-order valence-corrected chi connectivity index (χ0v) is 13.6. The fraction of sp³-hybridized carbons (Fsp3) is 0.750. The van der Waals surface area contributed by atoms with E-state index in [-0.39, 0.29) is 0 Å². The van der Waals surface area contributed by atoms with Crippen LogP contribution in [0.15, 0.2) is 6.07 Å². The molecule has 0 amide bonds. The summed E-state index contributed by atoms with van der Waals surface area (Å²) in [5.74, 6) is 3.43. The lowest BCUT2D eigenvalue weighted by molar-refractivity contribution is 0.178. The highest BCUT2D eigenvalue weighted by Crippen LogP contribution is 2.26. The van der Waals surface area contributed by atoms with Gasteiger partial charge in [-0.15, -0.1) is 0 Å². The molecule has 118 valence electrons. The summed E-state index contributed by atoms with van der Waals surface area (Å²) >= 11 is 0. The van der Waals surface area contributed by atoms with Crippen molar-refractivity contribution >= 4 is 11.6 Å². The minimum absolute atomic E-state index is 0.450. The third-order valence-electron chi connectivity index (χ3n) is 3.99. The molecule has 1 N–H and O–H groups in total. The van der Waals surface area contributed by atoms with Crippen LogP contribution in [0.25, 0.3) is 0 Å². The smallest absolute Gasteiger partial charge is 0.158 e. The minimum Gasteiger partial charge on any atom is -0.377 e. The first-order valence-corrected chi connectivity index (χ1v) is 8.04. The van der Waals surface area contributed by atoms with Crippen LogP contribution in [-0.2, 0) is 11.3 Å². The van der Waals surface area contributed by atoms with E-state index in [0.29, 0.717) is 6.61 Å². The van der Waals surface area contributed by atoms with E-state index in [9.17, 15) is 0 Å². The second kappa shape index (κ2) is 8.17. The van der Waals surface area contributed by atoms with Crippen molar-refractivity contribution < 1.29 is 4.74 Å². The van der Waals surface area contributed by atoms with Crippen LogP contribution in [-0.4, -0.2) is 37.2 Å². The van der Waals surface area contributed by atoms with Crippen LogP contribution in [0.3, 0.4) is 0 Å². The second-order valence-corrected chi connectivity index (χ2v) is 5.92. The molecule has 1 aliphatic carbocycles. The molecule has 0 aliphatic heterocycles. The van der Waals surface area contributed by atoms with Crippen molar-refractivity contribution in [1.29, 1.82) is 0 Å². The molecule has 1 aromatic heterocycles. The number of rotatable bonds is 8. The highest BCUT2D eigenvalue weighted by atomic mass is 16.5. The minimum atomic E-state index is 0.450. The molecule has 5 heteroatoms. The number of methoxy groups -OCH3 is 1. The molecule has 0 bridgehead atoms. The maximum atomic E-state index is 5.18. The SMILES string of the molecule is CCCNc1cc(N(C)CC2CCCC2)nc(COC)n1. The summed E-state index contributed by atoms with van der Waals surface area (Å²) in [7, 11) is 3.80. The lowest BCUT2D eigenvalue weighted by Crippen LogP contribution is -2.25. The topological polar surface area (TPSA) is 50.3 Å². The van der Waals surface area contributed by atoms with Gasteiger partial charge < -0.3 is 15.0 Å². The van der Waals surface area contributed by atoms with E-state index in [1.165, 1.54) is 25.7 Å². The molecule has 0 atom stereocenters. The maximum absolute atomic E-state index is 5.18. The summed E-state index contributed by atoms with van der Waals surface area (Å²) < 4.78 is 5.18. The first-order valence-electron chi connectivity index (χ1n) is 8.04. The molecule has 1 aliphatic rings. The van der Waals surface area contributed by atoms with Crippen molar-refractivity contribution in [3.63, 3.8) is 0 Å². The van der Waals surface area contributed by atoms with Gasteiger partial charge in [0.05, 0.1) is 0 Å². The zero-order valence-electron chi connectivity index (χ0n) is 13.6. The average Bonchev–Trinajstić information content (AvgIpc) is 2.98. The van der Waals surface area contributed by atoms with Gasteiger partial charge in [-0.05, 0) is 25.2 Å². The van der Waals surface area contributed by atoms with Crippen molar-refractivity contribution in [1.82, 2.24) is 9.97 Å². The van der Waals surface area contributed by atoms with Gasteiger partial charge in [-0.1, -0.05) is 19.8 Å². The number of ether oxygens (including phenoxy) is 1. The number of aromatic nitrogens is 2. The molecule has 2 rings (SSSR count). The van der Waals surface area contributed by atoms with Gasteiger partial charge in [-0.2, -0.15) is 0 Å². The summed E-state index contributed by atoms with van der Waals surface area (Å²) in [5.41, 5.74) is 0. The number of nitrogens with one attached hydrogen (secondary N) is 1. The van der Waals surface area contributed by atoms with E-state index in [2.05, 4.69) is 34.2 Å². The van der Waals surface area contributed by atoms with E-state index in [0.717, 1.165) is 42.9 Å².